The first-order valence-corrected chi connectivity index (χ1v) is 12.3. The summed E-state index contributed by atoms with van der Waals surface area (Å²) >= 11 is 7.23. The van der Waals surface area contributed by atoms with Crippen molar-refractivity contribution in [1.29, 1.82) is 0 Å². The SMILES string of the molecule is [2H]C([2H])([2H])OCC12CCC(CN(c3nc(SC)nc4c(F)c(Cl)nc(OC)c34)C1)N2C(=O)OC(C)(C)C. The van der Waals surface area contributed by atoms with Crippen molar-refractivity contribution >= 4 is 46.2 Å². The maximum absolute atomic E-state index is 15.1. The van der Waals surface area contributed by atoms with Crippen molar-refractivity contribution < 1.29 is 27.5 Å². The fourth-order valence-corrected chi connectivity index (χ4v) is 5.28. The zero-order valence-corrected chi connectivity index (χ0v) is 21.2. The van der Waals surface area contributed by atoms with Gasteiger partial charge in [-0.3, -0.25) is 4.90 Å². The highest BCUT2D eigenvalue weighted by atomic mass is 35.5. The Morgan fingerprint density at radius 2 is 2.15 bits per heavy atom. The van der Waals surface area contributed by atoms with Crippen molar-refractivity contribution in [2.45, 2.75) is 56.0 Å². The molecule has 0 aliphatic carbocycles. The summed E-state index contributed by atoms with van der Waals surface area (Å²) in [5.41, 5.74) is -1.81. The predicted molar refractivity (Wildman–Crippen MR) is 129 cm³/mol. The molecule has 2 unspecified atom stereocenters. The molecule has 0 aromatic carbocycles. The molecule has 2 aromatic rings. The van der Waals surface area contributed by atoms with Gasteiger partial charge in [0, 0.05) is 20.1 Å². The van der Waals surface area contributed by atoms with Crippen LogP contribution in [-0.2, 0) is 9.47 Å². The molecule has 9 nitrogen and oxygen atoms in total. The van der Waals surface area contributed by atoms with Gasteiger partial charge in [0.2, 0.25) is 5.88 Å². The van der Waals surface area contributed by atoms with Gasteiger partial charge in [-0.25, -0.2) is 19.2 Å². The molecule has 2 bridgehead atoms. The van der Waals surface area contributed by atoms with E-state index >= 15 is 4.39 Å². The van der Waals surface area contributed by atoms with Crippen LogP contribution in [-0.4, -0.2) is 83.2 Å². The molecule has 0 saturated carbocycles. The first kappa shape index (κ1) is 21.2. The maximum Gasteiger partial charge on any atom is 0.411 e. The predicted octanol–water partition coefficient (Wildman–Crippen LogP) is 4.15. The van der Waals surface area contributed by atoms with Crippen molar-refractivity contribution in [3.8, 4) is 5.88 Å². The number of halogens is 2. The lowest BCUT2D eigenvalue weighted by molar-refractivity contribution is -0.0261. The van der Waals surface area contributed by atoms with Gasteiger partial charge in [0.05, 0.1) is 29.4 Å². The number of carbonyl (C=O) groups is 1. The van der Waals surface area contributed by atoms with Crippen molar-refractivity contribution in [2.24, 2.45) is 0 Å². The summed E-state index contributed by atoms with van der Waals surface area (Å²) in [5.74, 6) is -0.394. The molecule has 186 valence electrons. The van der Waals surface area contributed by atoms with Gasteiger partial charge in [0.25, 0.3) is 0 Å². The molecule has 2 aliphatic heterocycles. The number of hydrogen-bond donors (Lipinski definition) is 0. The number of rotatable bonds is 5. The molecule has 2 fully saturated rings. The van der Waals surface area contributed by atoms with Crippen LogP contribution in [0.15, 0.2) is 5.16 Å². The average molecular weight is 517 g/mol. The standard InChI is InChI=1S/C22H29ClFN5O4S/c1-21(2,3)33-20(30)29-12-7-8-22(29,11-31-4)10-28(9-12)17-13-15(25-19(27-17)34-6)14(24)16(23)26-18(13)32-5/h12H,7-11H2,1-6H3/i4D3. The summed E-state index contributed by atoms with van der Waals surface area (Å²) in [6, 6.07) is -0.331. The van der Waals surface area contributed by atoms with Crippen molar-refractivity contribution in [1.82, 2.24) is 19.9 Å². The first-order chi connectivity index (χ1) is 17.2. The number of anilines is 1. The number of nitrogens with zero attached hydrogens (tertiary/aromatic N) is 5. The van der Waals surface area contributed by atoms with E-state index in [0.717, 1.165) is 0 Å². The summed E-state index contributed by atoms with van der Waals surface area (Å²) in [6.07, 6.45) is 2.29. The van der Waals surface area contributed by atoms with E-state index in [1.54, 1.807) is 31.9 Å². The Morgan fingerprint density at radius 1 is 1.38 bits per heavy atom. The second kappa shape index (κ2) is 9.16. The molecule has 2 aromatic heterocycles. The second-order valence-electron chi connectivity index (χ2n) is 9.42. The van der Waals surface area contributed by atoms with Crippen molar-refractivity contribution in [3.63, 3.8) is 0 Å². The molecule has 1 amide bonds. The minimum atomic E-state index is -2.66. The molecule has 4 heterocycles. The normalized spacial score (nSPS) is 24.1. The monoisotopic (exact) mass is 516 g/mol. The summed E-state index contributed by atoms with van der Waals surface area (Å²) in [5, 5.41) is 0.165. The van der Waals surface area contributed by atoms with Crippen LogP contribution in [0.3, 0.4) is 0 Å². The van der Waals surface area contributed by atoms with E-state index in [2.05, 4.69) is 15.0 Å². The summed E-state index contributed by atoms with van der Waals surface area (Å²) in [6.45, 7) is 5.55. The van der Waals surface area contributed by atoms with Crippen LogP contribution in [0.4, 0.5) is 15.0 Å². The fourth-order valence-electron chi connectivity index (χ4n) is 4.76. The molecule has 4 rings (SSSR count). The van der Waals surface area contributed by atoms with E-state index in [4.69, 9.17) is 29.9 Å². The van der Waals surface area contributed by atoms with E-state index in [0.29, 0.717) is 30.4 Å². The summed E-state index contributed by atoms with van der Waals surface area (Å²) in [4.78, 5) is 29.8. The Bertz CT molecular complexity index is 1220. The van der Waals surface area contributed by atoms with E-state index < -0.39 is 30.1 Å². The molecule has 0 N–H and O–H groups in total. The first-order valence-electron chi connectivity index (χ1n) is 12.2. The summed E-state index contributed by atoms with van der Waals surface area (Å²) < 4.78 is 54.2. The molecule has 12 heteroatoms. The highest BCUT2D eigenvalue weighted by Gasteiger charge is 2.55. The molecule has 2 atom stereocenters. The Kier molecular flexibility index (Phi) is 5.71. The average Bonchev–Trinajstić information content (AvgIpc) is 3.04. The smallest absolute Gasteiger partial charge is 0.411 e. The topological polar surface area (TPSA) is 89.9 Å². The largest absolute Gasteiger partial charge is 0.480 e. The lowest BCUT2D eigenvalue weighted by atomic mass is 9.96. The fraction of sp³-hybridized carbons (Fsp3) is 0.636. The molecular formula is C22H29ClFN5O4S. The number of aromatic nitrogens is 3. The number of pyridine rings is 1. The number of ether oxygens (including phenoxy) is 3. The minimum absolute atomic E-state index is 0.0408. The summed E-state index contributed by atoms with van der Waals surface area (Å²) in [7, 11) is -1.27. The van der Waals surface area contributed by atoms with Crippen LogP contribution >= 0.6 is 23.4 Å². The van der Waals surface area contributed by atoms with Gasteiger partial charge in [-0.15, -0.1) is 0 Å². The van der Waals surface area contributed by atoms with Gasteiger partial charge in [0.15, 0.2) is 16.1 Å². The van der Waals surface area contributed by atoms with Gasteiger partial charge in [-0.1, -0.05) is 23.4 Å². The van der Waals surface area contributed by atoms with Gasteiger partial charge in [-0.2, -0.15) is 4.98 Å². The molecule has 2 aliphatic rings. The zero-order valence-electron chi connectivity index (χ0n) is 22.6. The Hall–Kier alpha value is -2.11. The van der Waals surface area contributed by atoms with Crippen LogP contribution in [0.2, 0.25) is 5.15 Å². The van der Waals surface area contributed by atoms with Crippen LogP contribution in [0.25, 0.3) is 10.9 Å². The van der Waals surface area contributed by atoms with Crippen LogP contribution in [0, 0.1) is 5.82 Å². The van der Waals surface area contributed by atoms with Crippen LogP contribution in [0.5, 0.6) is 5.88 Å². The Labute approximate surface area is 211 Å². The van der Waals surface area contributed by atoms with Gasteiger partial charge in [-0.05, 0) is 39.9 Å². The number of fused-ring (bicyclic) bond motifs is 3. The highest BCUT2D eigenvalue weighted by Crippen LogP contribution is 2.44. The van der Waals surface area contributed by atoms with E-state index in [9.17, 15) is 4.79 Å². The molecule has 0 spiro atoms. The van der Waals surface area contributed by atoms with E-state index in [1.807, 2.05) is 4.90 Å². The second-order valence-corrected chi connectivity index (χ2v) is 10.6. The Morgan fingerprint density at radius 3 is 2.79 bits per heavy atom. The van der Waals surface area contributed by atoms with Gasteiger partial charge < -0.3 is 19.1 Å². The van der Waals surface area contributed by atoms with Crippen LogP contribution in [0.1, 0.15) is 37.7 Å². The number of carbonyl (C=O) groups excluding carboxylic acids is 1. The molecular weight excluding hydrogens is 485 g/mol. The third-order valence-corrected chi connectivity index (χ3v) is 6.81. The minimum Gasteiger partial charge on any atom is -0.480 e. The van der Waals surface area contributed by atoms with Gasteiger partial charge >= 0.3 is 6.09 Å². The third-order valence-electron chi connectivity index (χ3n) is 6.01. The lowest BCUT2D eigenvalue weighted by Gasteiger charge is -2.49. The van der Waals surface area contributed by atoms with Gasteiger partial charge in [0.1, 0.15) is 22.3 Å². The number of piperazine rings is 1. The number of hydrogen-bond acceptors (Lipinski definition) is 9. The quantitative estimate of drug-likeness (QED) is 0.330. The molecule has 34 heavy (non-hydrogen) atoms. The highest BCUT2D eigenvalue weighted by molar-refractivity contribution is 7.98. The molecule has 0 radical (unpaired) electrons. The third kappa shape index (κ3) is 4.33. The van der Waals surface area contributed by atoms with Crippen molar-refractivity contribution in [3.05, 3.63) is 11.0 Å². The van der Waals surface area contributed by atoms with E-state index in [-0.39, 0.29) is 41.1 Å². The molecule has 2 saturated heterocycles. The van der Waals surface area contributed by atoms with E-state index in [1.165, 1.54) is 18.9 Å². The Balaban J connectivity index is 1.83. The number of amides is 1. The van der Waals surface area contributed by atoms with Crippen molar-refractivity contribution in [2.75, 3.05) is 45.0 Å². The number of methoxy groups -OCH3 is 2. The maximum atomic E-state index is 15.1. The zero-order chi connectivity index (χ0) is 27.3. The number of thioether (sulfide) groups is 1. The van der Waals surface area contributed by atoms with Crippen LogP contribution < -0.4 is 9.64 Å². The lowest BCUT2D eigenvalue weighted by Crippen LogP contribution is -2.66.